The lowest BCUT2D eigenvalue weighted by Crippen LogP contribution is -2.28. The summed E-state index contributed by atoms with van der Waals surface area (Å²) in [7, 11) is -0.581. The van der Waals surface area contributed by atoms with Crippen LogP contribution in [-0.2, 0) is 10.0 Å². The van der Waals surface area contributed by atoms with Gasteiger partial charge in [-0.25, -0.2) is 17.7 Å². The van der Waals surface area contributed by atoms with Gasteiger partial charge in [-0.2, -0.15) is 4.98 Å². The van der Waals surface area contributed by atoms with Crippen molar-refractivity contribution in [1.82, 2.24) is 14.3 Å². The summed E-state index contributed by atoms with van der Waals surface area (Å²) in [5, 5.41) is 13.5. The molecule has 1 aromatic heterocycles. The van der Waals surface area contributed by atoms with Gasteiger partial charge < -0.3 is 11.1 Å². The van der Waals surface area contributed by atoms with Gasteiger partial charge in [0.15, 0.2) is 0 Å². The smallest absolute Gasteiger partial charge is 0.332 e. The predicted octanol–water partition coefficient (Wildman–Crippen LogP) is -0.421. The van der Waals surface area contributed by atoms with Gasteiger partial charge in [0, 0.05) is 20.6 Å². The van der Waals surface area contributed by atoms with E-state index in [2.05, 4.69) is 15.3 Å². The number of anilines is 2. The molecule has 0 amide bonds. The summed E-state index contributed by atoms with van der Waals surface area (Å²) >= 11 is 0. The minimum absolute atomic E-state index is 0.0305. The number of sulfonamides is 1. The summed E-state index contributed by atoms with van der Waals surface area (Å²) < 4.78 is 24.2. The van der Waals surface area contributed by atoms with Crippen molar-refractivity contribution in [3.63, 3.8) is 0 Å². The molecular formula is C9H16N6O4S. The first-order valence-electron chi connectivity index (χ1n) is 5.57. The Labute approximate surface area is 116 Å². The van der Waals surface area contributed by atoms with Crippen molar-refractivity contribution < 1.29 is 13.3 Å². The van der Waals surface area contributed by atoms with Gasteiger partial charge in [-0.15, -0.1) is 0 Å². The molecule has 0 aliphatic carbocycles. The average molecular weight is 304 g/mol. The van der Waals surface area contributed by atoms with E-state index in [0.29, 0.717) is 0 Å². The van der Waals surface area contributed by atoms with Gasteiger partial charge >= 0.3 is 5.69 Å². The molecule has 0 radical (unpaired) electrons. The number of nitro groups is 1. The summed E-state index contributed by atoms with van der Waals surface area (Å²) in [4.78, 5) is 17.7. The van der Waals surface area contributed by atoms with Crippen molar-refractivity contribution in [2.24, 2.45) is 0 Å². The molecule has 0 atom stereocenters. The highest BCUT2D eigenvalue weighted by atomic mass is 32.2. The molecule has 10 nitrogen and oxygen atoms in total. The van der Waals surface area contributed by atoms with Gasteiger partial charge in [0.25, 0.3) is 0 Å². The van der Waals surface area contributed by atoms with Crippen molar-refractivity contribution in [2.45, 2.75) is 6.92 Å². The number of nitrogens with zero attached hydrogens (tertiary/aromatic N) is 4. The lowest BCUT2D eigenvalue weighted by molar-refractivity contribution is -0.385. The highest BCUT2D eigenvalue weighted by Gasteiger charge is 2.22. The summed E-state index contributed by atoms with van der Waals surface area (Å²) in [5.41, 5.74) is 5.22. The molecule has 1 heterocycles. The second-order valence-corrected chi connectivity index (χ2v) is 6.45. The van der Waals surface area contributed by atoms with E-state index in [9.17, 15) is 18.5 Å². The van der Waals surface area contributed by atoms with Crippen LogP contribution in [0.3, 0.4) is 0 Å². The molecule has 11 heteroatoms. The van der Waals surface area contributed by atoms with Crippen LogP contribution in [0.1, 0.15) is 5.69 Å². The Morgan fingerprint density at radius 3 is 2.50 bits per heavy atom. The van der Waals surface area contributed by atoms with Crippen LogP contribution in [0.4, 0.5) is 17.5 Å². The van der Waals surface area contributed by atoms with Crippen molar-refractivity contribution in [3.8, 4) is 0 Å². The Kier molecular flexibility index (Phi) is 4.78. The molecule has 0 aliphatic heterocycles. The zero-order chi connectivity index (χ0) is 15.5. The quantitative estimate of drug-likeness (QED) is 0.532. The Morgan fingerprint density at radius 1 is 1.40 bits per heavy atom. The molecule has 1 aromatic rings. The first kappa shape index (κ1) is 16.0. The Bertz CT molecular complexity index is 615. The van der Waals surface area contributed by atoms with Crippen LogP contribution < -0.4 is 11.1 Å². The molecule has 0 bridgehead atoms. The fourth-order valence-corrected chi connectivity index (χ4v) is 2.14. The number of aryl methyl sites for hydroxylation is 1. The van der Waals surface area contributed by atoms with Crippen LogP contribution >= 0.6 is 0 Å². The number of hydrogen-bond acceptors (Lipinski definition) is 8. The molecule has 0 unspecified atom stereocenters. The van der Waals surface area contributed by atoms with Crippen molar-refractivity contribution in [1.29, 1.82) is 0 Å². The van der Waals surface area contributed by atoms with Gasteiger partial charge in [-0.3, -0.25) is 10.1 Å². The van der Waals surface area contributed by atoms with Crippen LogP contribution in [0.2, 0.25) is 0 Å². The van der Waals surface area contributed by atoms with Crippen LogP contribution in [0.25, 0.3) is 0 Å². The second kappa shape index (κ2) is 5.96. The lowest BCUT2D eigenvalue weighted by atomic mass is 10.3. The van der Waals surface area contributed by atoms with Crippen LogP contribution in [-0.4, -0.2) is 54.0 Å². The zero-order valence-electron chi connectivity index (χ0n) is 11.3. The van der Waals surface area contributed by atoms with Gasteiger partial charge in [0.05, 0.1) is 10.7 Å². The number of aromatic nitrogens is 2. The standard InChI is InChI=1S/C9H16N6O4S/c1-6-7(15(16)17)8(13-9(10)12-6)11-4-5-20(18,19)14(2)3/h4-5H2,1-3H3,(H3,10,11,12,13). The van der Waals surface area contributed by atoms with E-state index in [4.69, 9.17) is 5.73 Å². The molecule has 0 aliphatic rings. The number of nitrogens with one attached hydrogen (secondary N) is 1. The van der Waals surface area contributed by atoms with E-state index in [1.807, 2.05) is 0 Å². The monoisotopic (exact) mass is 304 g/mol. The fraction of sp³-hybridized carbons (Fsp3) is 0.556. The van der Waals surface area contributed by atoms with Crippen molar-refractivity contribution in [2.75, 3.05) is 37.4 Å². The minimum Gasteiger partial charge on any atom is -0.368 e. The molecule has 0 saturated heterocycles. The van der Waals surface area contributed by atoms with E-state index in [0.717, 1.165) is 4.31 Å². The number of nitrogens with two attached hydrogens (primary N) is 1. The molecular weight excluding hydrogens is 288 g/mol. The topological polar surface area (TPSA) is 144 Å². The molecule has 0 fully saturated rings. The highest BCUT2D eigenvalue weighted by Crippen LogP contribution is 2.25. The maximum absolute atomic E-state index is 11.6. The number of rotatable bonds is 6. The van der Waals surface area contributed by atoms with Gasteiger partial charge in [-0.1, -0.05) is 0 Å². The van der Waals surface area contributed by atoms with Gasteiger partial charge in [-0.05, 0) is 6.92 Å². The first-order chi connectivity index (χ1) is 9.15. The van der Waals surface area contributed by atoms with Gasteiger partial charge in [0.2, 0.25) is 21.8 Å². The Balaban J connectivity index is 2.91. The third-order valence-electron chi connectivity index (χ3n) is 2.47. The normalized spacial score (nSPS) is 11.6. The predicted molar refractivity (Wildman–Crippen MR) is 73.8 cm³/mol. The lowest BCUT2D eigenvalue weighted by Gasteiger charge is -2.12. The zero-order valence-corrected chi connectivity index (χ0v) is 12.1. The molecule has 0 spiro atoms. The number of nitrogen functional groups attached to an aromatic ring is 1. The molecule has 0 saturated carbocycles. The molecule has 1 rings (SSSR count). The molecule has 0 aromatic carbocycles. The third-order valence-corrected chi connectivity index (χ3v) is 4.30. The molecule has 20 heavy (non-hydrogen) atoms. The highest BCUT2D eigenvalue weighted by molar-refractivity contribution is 7.89. The maximum Gasteiger partial charge on any atom is 0.332 e. The minimum atomic E-state index is -3.40. The maximum atomic E-state index is 11.6. The Hall–Kier alpha value is -2.01. The van der Waals surface area contributed by atoms with E-state index in [-0.39, 0.29) is 35.4 Å². The van der Waals surface area contributed by atoms with E-state index < -0.39 is 14.9 Å². The average Bonchev–Trinajstić information content (AvgIpc) is 2.26. The third kappa shape index (κ3) is 3.74. The second-order valence-electron chi connectivity index (χ2n) is 4.15. The summed E-state index contributed by atoms with van der Waals surface area (Å²) in [6.45, 7) is 1.40. The molecule has 3 N–H and O–H groups in total. The van der Waals surface area contributed by atoms with Crippen molar-refractivity contribution in [3.05, 3.63) is 15.8 Å². The SMILES string of the molecule is Cc1nc(N)nc(NCCS(=O)(=O)N(C)C)c1[N+](=O)[O-]. The first-order valence-corrected chi connectivity index (χ1v) is 7.18. The van der Waals surface area contributed by atoms with Crippen LogP contribution in [0.15, 0.2) is 0 Å². The number of hydrogen-bond donors (Lipinski definition) is 2. The van der Waals surface area contributed by atoms with E-state index in [1.165, 1.54) is 21.0 Å². The van der Waals surface area contributed by atoms with Crippen molar-refractivity contribution >= 4 is 27.5 Å². The van der Waals surface area contributed by atoms with E-state index in [1.54, 1.807) is 0 Å². The Morgan fingerprint density at radius 2 is 2.00 bits per heavy atom. The fourth-order valence-electron chi connectivity index (χ4n) is 1.41. The van der Waals surface area contributed by atoms with Gasteiger partial charge in [0.1, 0.15) is 5.69 Å². The largest absolute Gasteiger partial charge is 0.368 e. The summed E-state index contributed by atoms with van der Waals surface area (Å²) in [6, 6.07) is 0. The van der Waals surface area contributed by atoms with Crippen LogP contribution in [0, 0.1) is 17.0 Å². The summed E-state index contributed by atoms with van der Waals surface area (Å²) in [6.07, 6.45) is 0. The van der Waals surface area contributed by atoms with Crippen LogP contribution in [0.5, 0.6) is 0 Å². The van der Waals surface area contributed by atoms with E-state index >= 15 is 0 Å². The molecule has 112 valence electrons. The summed E-state index contributed by atoms with van der Waals surface area (Å²) in [5.74, 6) is -0.430.